The number of sulfonamides is 1. The minimum absolute atomic E-state index is 0.143. The highest BCUT2D eigenvalue weighted by molar-refractivity contribution is 7.90. The van der Waals surface area contributed by atoms with Crippen molar-refractivity contribution in [3.05, 3.63) is 21.9 Å². The standard InChI is InChI=1S/C10H15NO4S2/c1-3-8-4-5-9(16-8)6-11-17(14,15)7(2)10(12)13/h4-5,7,11H,3,6H2,1-2H3,(H,12,13). The summed E-state index contributed by atoms with van der Waals surface area (Å²) in [6.45, 7) is 3.31. The van der Waals surface area contributed by atoms with Gasteiger partial charge < -0.3 is 5.11 Å². The summed E-state index contributed by atoms with van der Waals surface area (Å²) in [5.74, 6) is -1.35. The molecule has 0 aliphatic heterocycles. The van der Waals surface area contributed by atoms with Crippen LogP contribution >= 0.6 is 11.3 Å². The van der Waals surface area contributed by atoms with Gasteiger partial charge in [0, 0.05) is 16.3 Å². The number of carboxylic acid groups (broad SMARTS) is 1. The average Bonchev–Trinajstić information content (AvgIpc) is 2.73. The Balaban J connectivity index is 2.64. The molecule has 0 radical (unpaired) electrons. The Labute approximate surface area is 105 Å². The van der Waals surface area contributed by atoms with E-state index in [0.29, 0.717) is 0 Å². The average molecular weight is 277 g/mol. The zero-order chi connectivity index (χ0) is 13.1. The van der Waals surface area contributed by atoms with Crippen molar-refractivity contribution in [2.75, 3.05) is 0 Å². The number of aryl methyl sites for hydroxylation is 1. The normalized spacial score (nSPS) is 13.5. The summed E-state index contributed by atoms with van der Waals surface area (Å²) in [5, 5.41) is 7.20. The summed E-state index contributed by atoms with van der Waals surface area (Å²) in [5.41, 5.74) is 0. The highest BCUT2D eigenvalue weighted by atomic mass is 32.2. The lowest BCUT2D eigenvalue weighted by Gasteiger charge is -2.08. The molecule has 7 heteroatoms. The van der Waals surface area contributed by atoms with Crippen molar-refractivity contribution in [1.82, 2.24) is 4.72 Å². The van der Waals surface area contributed by atoms with E-state index in [0.717, 1.165) is 18.2 Å². The summed E-state index contributed by atoms with van der Waals surface area (Å²) in [4.78, 5) is 12.6. The Morgan fingerprint density at radius 2 is 2.06 bits per heavy atom. The molecule has 0 fully saturated rings. The minimum Gasteiger partial charge on any atom is -0.480 e. The van der Waals surface area contributed by atoms with Crippen LogP contribution in [0.25, 0.3) is 0 Å². The van der Waals surface area contributed by atoms with Crippen molar-refractivity contribution in [3.8, 4) is 0 Å². The summed E-state index contributed by atoms with van der Waals surface area (Å²) >= 11 is 1.52. The van der Waals surface area contributed by atoms with Gasteiger partial charge in [-0.05, 0) is 25.5 Å². The molecule has 1 aromatic rings. The van der Waals surface area contributed by atoms with E-state index in [4.69, 9.17) is 5.11 Å². The maximum atomic E-state index is 11.5. The monoisotopic (exact) mass is 277 g/mol. The predicted octanol–water partition coefficient (Wildman–Crippen LogP) is 1.20. The van der Waals surface area contributed by atoms with Crippen molar-refractivity contribution in [2.24, 2.45) is 0 Å². The van der Waals surface area contributed by atoms with Gasteiger partial charge in [0.05, 0.1) is 0 Å². The van der Waals surface area contributed by atoms with Crippen molar-refractivity contribution >= 4 is 27.3 Å². The second-order valence-corrected chi connectivity index (χ2v) is 6.91. The molecule has 0 saturated heterocycles. The minimum atomic E-state index is -3.80. The van der Waals surface area contributed by atoms with E-state index in [9.17, 15) is 13.2 Å². The Hall–Kier alpha value is -0.920. The van der Waals surface area contributed by atoms with Gasteiger partial charge in [0.25, 0.3) is 0 Å². The van der Waals surface area contributed by atoms with Crippen molar-refractivity contribution in [1.29, 1.82) is 0 Å². The molecule has 1 aromatic heterocycles. The number of carboxylic acids is 1. The highest BCUT2D eigenvalue weighted by Crippen LogP contribution is 2.17. The number of nitrogens with one attached hydrogen (secondary N) is 1. The van der Waals surface area contributed by atoms with Crippen LogP contribution in [-0.2, 0) is 27.8 Å². The molecule has 1 rings (SSSR count). The van der Waals surface area contributed by atoms with Gasteiger partial charge in [-0.3, -0.25) is 4.79 Å². The Kier molecular flexibility index (Phi) is 4.67. The topological polar surface area (TPSA) is 83.5 Å². The van der Waals surface area contributed by atoms with E-state index in [1.54, 1.807) is 0 Å². The summed E-state index contributed by atoms with van der Waals surface area (Å²) < 4.78 is 25.4. The van der Waals surface area contributed by atoms with Crippen molar-refractivity contribution in [3.63, 3.8) is 0 Å². The smallest absolute Gasteiger partial charge is 0.323 e. The van der Waals surface area contributed by atoms with Crippen LogP contribution in [0.4, 0.5) is 0 Å². The quantitative estimate of drug-likeness (QED) is 0.818. The van der Waals surface area contributed by atoms with E-state index in [-0.39, 0.29) is 6.54 Å². The van der Waals surface area contributed by atoms with E-state index in [1.165, 1.54) is 16.2 Å². The molecule has 96 valence electrons. The number of hydrogen-bond donors (Lipinski definition) is 2. The molecule has 1 atom stereocenters. The van der Waals surface area contributed by atoms with Gasteiger partial charge in [0.1, 0.15) is 0 Å². The van der Waals surface area contributed by atoms with Gasteiger partial charge in [-0.2, -0.15) is 0 Å². The fourth-order valence-electron chi connectivity index (χ4n) is 1.14. The fraction of sp³-hybridized carbons (Fsp3) is 0.500. The van der Waals surface area contributed by atoms with Gasteiger partial charge in [-0.1, -0.05) is 6.92 Å². The molecule has 0 bridgehead atoms. The third kappa shape index (κ3) is 3.79. The number of thiophene rings is 1. The van der Waals surface area contributed by atoms with Gasteiger partial charge in [-0.15, -0.1) is 11.3 Å². The lowest BCUT2D eigenvalue weighted by Crippen LogP contribution is -2.36. The number of aliphatic carboxylic acids is 1. The Morgan fingerprint density at radius 3 is 2.53 bits per heavy atom. The van der Waals surface area contributed by atoms with E-state index < -0.39 is 21.2 Å². The molecule has 0 aliphatic rings. The first-order valence-corrected chi connectivity index (χ1v) is 7.52. The van der Waals surface area contributed by atoms with Crippen LogP contribution in [-0.4, -0.2) is 24.7 Å². The molecule has 2 N–H and O–H groups in total. The Bertz CT molecular complexity index is 492. The third-order valence-corrected chi connectivity index (χ3v) is 5.24. The van der Waals surface area contributed by atoms with Crippen molar-refractivity contribution < 1.29 is 18.3 Å². The molecule has 0 saturated carbocycles. The van der Waals surface area contributed by atoms with Crippen LogP contribution in [0.3, 0.4) is 0 Å². The van der Waals surface area contributed by atoms with Crippen LogP contribution in [0.15, 0.2) is 12.1 Å². The first-order chi connectivity index (χ1) is 7.86. The molecule has 0 aromatic carbocycles. The highest BCUT2D eigenvalue weighted by Gasteiger charge is 2.27. The Morgan fingerprint density at radius 1 is 1.47 bits per heavy atom. The first-order valence-electron chi connectivity index (χ1n) is 5.15. The molecule has 0 aliphatic carbocycles. The molecule has 1 heterocycles. The lowest BCUT2D eigenvalue weighted by atomic mass is 10.4. The molecular weight excluding hydrogens is 262 g/mol. The van der Waals surface area contributed by atoms with Crippen LogP contribution in [0.5, 0.6) is 0 Å². The molecule has 17 heavy (non-hydrogen) atoms. The maximum Gasteiger partial charge on any atom is 0.323 e. The first kappa shape index (κ1) is 14.1. The van der Waals surface area contributed by atoms with Crippen LogP contribution in [0.2, 0.25) is 0 Å². The molecular formula is C10H15NO4S2. The van der Waals surface area contributed by atoms with Gasteiger partial charge >= 0.3 is 5.97 Å². The van der Waals surface area contributed by atoms with Crippen molar-refractivity contribution in [2.45, 2.75) is 32.1 Å². The lowest BCUT2D eigenvalue weighted by molar-refractivity contribution is -0.136. The van der Waals surface area contributed by atoms with Crippen LogP contribution in [0, 0.1) is 0 Å². The zero-order valence-corrected chi connectivity index (χ0v) is 11.3. The third-order valence-electron chi connectivity index (χ3n) is 2.33. The van der Waals surface area contributed by atoms with E-state index in [1.807, 2.05) is 19.1 Å². The predicted molar refractivity (Wildman–Crippen MR) is 66.6 cm³/mol. The summed E-state index contributed by atoms with van der Waals surface area (Å²) in [7, 11) is -3.80. The van der Waals surface area contributed by atoms with Gasteiger partial charge in [0.2, 0.25) is 10.0 Å². The fourth-order valence-corrected chi connectivity index (χ4v) is 3.00. The zero-order valence-electron chi connectivity index (χ0n) is 9.63. The second kappa shape index (κ2) is 5.61. The summed E-state index contributed by atoms with van der Waals surface area (Å²) in [6, 6.07) is 3.78. The second-order valence-electron chi connectivity index (χ2n) is 3.57. The van der Waals surface area contributed by atoms with Crippen LogP contribution in [0.1, 0.15) is 23.6 Å². The number of carbonyl (C=O) groups is 1. The molecule has 1 unspecified atom stereocenters. The molecule has 0 amide bonds. The van der Waals surface area contributed by atoms with Gasteiger partial charge in [0.15, 0.2) is 5.25 Å². The van der Waals surface area contributed by atoms with E-state index in [2.05, 4.69) is 4.72 Å². The van der Waals surface area contributed by atoms with Gasteiger partial charge in [-0.25, -0.2) is 13.1 Å². The largest absolute Gasteiger partial charge is 0.480 e. The number of rotatable bonds is 6. The SMILES string of the molecule is CCc1ccc(CNS(=O)(=O)C(C)C(=O)O)s1. The summed E-state index contributed by atoms with van der Waals surface area (Å²) in [6.07, 6.45) is 0.906. The van der Waals surface area contributed by atoms with E-state index >= 15 is 0 Å². The molecule has 5 nitrogen and oxygen atoms in total. The van der Waals surface area contributed by atoms with Crippen LogP contribution < -0.4 is 4.72 Å². The number of hydrogen-bond acceptors (Lipinski definition) is 4. The molecule has 0 spiro atoms. The maximum absolute atomic E-state index is 11.5.